The van der Waals surface area contributed by atoms with Gasteiger partial charge in [-0.2, -0.15) is 0 Å². The molecule has 8 heteroatoms. The Bertz CT molecular complexity index is 1420. The number of rotatable bonds is 9. The molecule has 3 amide bonds. The van der Waals surface area contributed by atoms with Crippen LogP contribution in [0.3, 0.4) is 0 Å². The monoisotopic (exact) mass is 571 g/mol. The zero-order valence-electron chi connectivity index (χ0n) is 25.2. The number of carbonyl (C=O) groups is 3. The number of aryl methyl sites for hydroxylation is 3. The highest BCUT2D eigenvalue weighted by Crippen LogP contribution is 2.37. The Morgan fingerprint density at radius 3 is 2.14 bits per heavy atom. The van der Waals surface area contributed by atoms with Gasteiger partial charge in [-0.25, -0.2) is 4.79 Å². The lowest BCUT2D eigenvalue weighted by atomic mass is 9.98. The molecule has 0 bridgehead atoms. The lowest BCUT2D eigenvalue weighted by Gasteiger charge is -2.35. The number of hydrogen-bond donors (Lipinski definition) is 3. The number of nitrogens with zero attached hydrogens (tertiary/aromatic N) is 1. The van der Waals surface area contributed by atoms with Crippen molar-refractivity contribution in [3.8, 4) is 5.75 Å². The van der Waals surface area contributed by atoms with Gasteiger partial charge in [-0.1, -0.05) is 60.2 Å². The van der Waals surface area contributed by atoms with Gasteiger partial charge in [-0.3, -0.25) is 9.59 Å². The maximum atomic E-state index is 14.5. The fourth-order valence-electron chi connectivity index (χ4n) is 5.05. The van der Waals surface area contributed by atoms with Crippen molar-refractivity contribution in [2.24, 2.45) is 0 Å². The summed E-state index contributed by atoms with van der Waals surface area (Å²) in [6, 6.07) is 17.8. The summed E-state index contributed by atoms with van der Waals surface area (Å²) in [5.41, 5.74) is 4.20. The molecule has 1 saturated carbocycles. The summed E-state index contributed by atoms with van der Waals surface area (Å²) in [5, 5.41) is 15.7. The molecule has 0 heterocycles. The molecular weight excluding hydrogens is 530 g/mol. The zero-order valence-corrected chi connectivity index (χ0v) is 25.2. The molecule has 42 heavy (non-hydrogen) atoms. The Kier molecular flexibility index (Phi) is 9.24. The highest BCUT2D eigenvalue weighted by atomic mass is 16.6. The largest absolute Gasteiger partial charge is 0.508 e. The summed E-state index contributed by atoms with van der Waals surface area (Å²) in [6.07, 6.45) is 0.940. The van der Waals surface area contributed by atoms with Crippen LogP contribution in [0.15, 0.2) is 66.7 Å². The summed E-state index contributed by atoms with van der Waals surface area (Å²) < 4.78 is 5.50. The predicted octanol–water partition coefficient (Wildman–Crippen LogP) is 6.12. The average Bonchev–Trinajstić information content (AvgIpc) is 3.74. The first-order valence-corrected chi connectivity index (χ1v) is 14.4. The Hall–Kier alpha value is -4.33. The molecule has 8 nitrogen and oxygen atoms in total. The van der Waals surface area contributed by atoms with Gasteiger partial charge in [0.05, 0.1) is 0 Å². The molecule has 0 saturated heterocycles. The van der Waals surface area contributed by atoms with Gasteiger partial charge in [0, 0.05) is 18.2 Å². The Morgan fingerprint density at radius 2 is 1.57 bits per heavy atom. The van der Waals surface area contributed by atoms with E-state index in [0.717, 1.165) is 40.8 Å². The molecular formula is C34H41N3O5. The molecule has 3 N–H and O–H groups in total. The minimum Gasteiger partial charge on any atom is -0.508 e. The number of nitrogens with one attached hydrogen (secondary N) is 2. The zero-order chi connectivity index (χ0) is 30.6. The number of phenols is 1. The third-order valence-corrected chi connectivity index (χ3v) is 7.17. The second-order valence-electron chi connectivity index (χ2n) is 12.1. The first-order chi connectivity index (χ1) is 19.8. The highest BCUT2D eigenvalue weighted by molar-refractivity contribution is 6.00. The quantitative estimate of drug-likeness (QED) is 0.287. The third-order valence-electron chi connectivity index (χ3n) is 7.17. The number of anilines is 1. The Labute approximate surface area is 248 Å². The normalized spacial score (nSPS) is 14.4. The van der Waals surface area contributed by atoms with Gasteiger partial charge in [-0.15, -0.1) is 0 Å². The van der Waals surface area contributed by atoms with Crippen LogP contribution in [0.5, 0.6) is 5.75 Å². The van der Waals surface area contributed by atoms with E-state index in [9.17, 15) is 19.5 Å². The second kappa shape index (κ2) is 12.7. The topological polar surface area (TPSA) is 108 Å². The minimum atomic E-state index is -1.01. The van der Waals surface area contributed by atoms with Crippen molar-refractivity contribution in [1.82, 2.24) is 10.2 Å². The molecule has 2 atom stereocenters. The smallest absolute Gasteiger partial charge is 0.408 e. The fourth-order valence-corrected chi connectivity index (χ4v) is 5.05. The summed E-state index contributed by atoms with van der Waals surface area (Å²) in [6.45, 7) is 11.1. The van der Waals surface area contributed by atoms with Crippen LogP contribution in [-0.2, 0) is 20.7 Å². The molecule has 3 aromatic carbocycles. The van der Waals surface area contributed by atoms with Gasteiger partial charge in [0.25, 0.3) is 5.91 Å². The van der Waals surface area contributed by atoms with E-state index in [1.165, 1.54) is 12.1 Å². The molecule has 3 aromatic rings. The van der Waals surface area contributed by atoms with E-state index in [4.69, 9.17) is 4.74 Å². The fraction of sp³-hybridized carbons (Fsp3) is 0.382. The summed E-state index contributed by atoms with van der Waals surface area (Å²) in [4.78, 5) is 43.3. The van der Waals surface area contributed by atoms with Crippen LogP contribution in [0.4, 0.5) is 10.5 Å². The van der Waals surface area contributed by atoms with Crippen molar-refractivity contribution in [2.45, 2.75) is 84.5 Å². The molecule has 2 unspecified atom stereocenters. The number of benzene rings is 3. The van der Waals surface area contributed by atoms with Gasteiger partial charge in [0.1, 0.15) is 23.4 Å². The van der Waals surface area contributed by atoms with Crippen molar-refractivity contribution >= 4 is 23.6 Å². The summed E-state index contributed by atoms with van der Waals surface area (Å²) >= 11 is 0. The van der Waals surface area contributed by atoms with Crippen molar-refractivity contribution < 1.29 is 24.2 Å². The first kappa shape index (κ1) is 30.6. The van der Waals surface area contributed by atoms with Crippen LogP contribution in [0.2, 0.25) is 0 Å². The lowest BCUT2D eigenvalue weighted by molar-refractivity contribution is -0.141. The molecule has 4 rings (SSSR count). The standard InChI is InChI=1S/C34H41N3O5/c1-21-9-7-12-25(19-21)30(31(39)36-29-22(2)10-8-11-23(29)3)37(26-15-16-26)32(40)28(35-33(41)42-34(4,5)6)20-24-13-17-27(38)18-14-24/h7-14,17-19,26,28,30,38H,15-16,20H2,1-6H3,(H,35,41)(H,36,39). The summed E-state index contributed by atoms with van der Waals surface area (Å²) in [5.74, 6) is -0.595. The van der Waals surface area contributed by atoms with Crippen LogP contribution in [0.25, 0.3) is 0 Å². The minimum absolute atomic E-state index is 0.101. The van der Waals surface area contributed by atoms with Gasteiger partial charge < -0.3 is 25.4 Å². The molecule has 1 aliphatic carbocycles. The number of amides is 3. The van der Waals surface area contributed by atoms with Crippen molar-refractivity contribution in [1.29, 1.82) is 0 Å². The maximum absolute atomic E-state index is 14.5. The van der Waals surface area contributed by atoms with Gasteiger partial charge in [0.2, 0.25) is 5.91 Å². The number of phenolic OH excluding ortho intramolecular Hbond substituents is 1. The second-order valence-corrected chi connectivity index (χ2v) is 12.1. The number of hydrogen-bond acceptors (Lipinski definition) is 5. The molecule has 222 valence electrons. The van der Waals surface area contributed by atoms with Crippen LogP contribution in [0.1, 0.15) is 67.5 Å². The molecule has 0 aromatic heterocycles. The number of ether oxygens (including phenoxy) is 1. The van der Waals surface area contributed by atoms with Crippen molar-refractivity contribution in [3.63, 3.8) is 0 Å². The molecule has 1 fully saturated rings. The average molecular weight is 572 g/mol. The molecule has 0 spiro atoms. The molecule has 0 radical (unpaired) electrons. The van der Waals surface area contributed by atoms with Gasteiger partial charge in [0.15, 0.2) is 0 Å². The van der Waals surface area contributed by atoms with Gasteiger partial charge >= 0.3 is 6.09 Å². The first-order valence-electron chi connectivity index (χ1n) is 14.4. The van der Waals surface area contributed by atoms with E-state index in [1.54, 1.807) is 37.8 Å². The molecule has 1 aliphatic rings. The van der Waals surface area contributed by atoms with E-state index < -0.39 is 23.8 Å². The van der Waals surface area contributed by atoms with Crippen molar-refractivity contribution in [3.05, 3.63) is 94.5 Å². The van der Waals surface area contributed by atoms with E-state index in [0.29, 0.717) is 5.56 Å². The predicted molar refractivity (Wildman–Crippen MR) is 163 cm³/mol. The maximum Gasteiger partial charge on any atom is 0.408 e. The van der Waals surface area contributed by atoms with E-state index in [2.05, 4.69) is 10.6 Å². The number of carbonyl (C=O) groups excluding carboxylic acids is 3. The van der Waals surface area contributed by atoms with E-state index in [-0.39, 0.29) is 30.0 Å². The van der Waals surface area contributed by atoms with Crippen LogP contribution in [0, 0.1) is 20.8 Å². The molecule has 0 aliphatic heterocycles. The Morgan fingerprint density at radius 1 is 0.952 bits per heavy atom. The van der Waals surface area contributed by atoms with E-state index in [1.807, 2.05) is 63.2 Å². The summed E-state index contributed by atoms with van der Waals surface area (Å²) in [7, 11) is 0. The van der Waals surface area contributed by atoms with Crippen LogP contribution >= 0.6 is 0 Å². The third kappa shape index (κ3) is 7.90. The number of para-hydroxylation sites is 1. The highest BCUT2D eigenvalue weighted by Gasteiger charge is 2.44. The van der Waals surface area contributed by atoms with Crippen LogP contribution in [-0.4, -0.2) is 45.6 Å². The number of alkyl carbamates (subject to hydrolysis) is 1. The SMILES string of the molecule is Cc1cccc(C(C(=O)Nc2c(C)cccc2C)N(C(=O)C(Cc2ccc(O)cc2)NC(=O)OC(C)(C)C)C2CC2)c1. The lowest BCUT2D eigenvalue weighted by Crippen LogP contribution is -2.54. The van der Waals surface area contributed by atoms with Crippen LogP contribution < -0.4 is 10.6 Å². The van der Waals surface area contributed by atoms with E-state index >= 15 is 0 Å². The Balaban J connectivity index is 1.74. The van der Waals surface area contributed by atoms with Crippen molar-refractivity contribution in [2.75, 3.05) is 5.32 Å². The van der Waals surface area contributed by atoms with Gasteiger partial charge in [-0.05, 0) is 88.8 Å². The number of aromatic hydroxyl groups is 1.